The number of oxime groups is 1. The van der Waals surface area contributed by atoms with Crippen molar-refractivity contribution in [3.05, 3.63) is 0 Å². The predicted molar refractivity (Wildman–Crippen MR) is 51.0 cm³/mol. The fraction of sp³-hybridized carbons (Fsp3) is 0.889. The smallest absolute Gasteiger partial charge is 0.132 e. The molecule has 0 N–H and O–H groups in total. The molecule has 0 aliphatic carbocycles. The summed E-state index contributed by atoms with van der Waals surface area (Å²) in [5, 5.41) is 3.38. The number of hydrogen-bond acceptors (Lipinski definition) is 2. The largest absolute Gasteiger partial charge is 0.390 e. The lowest BCUT2D eigenvalue weighted by atomic mass is 10.0. The van der Waals surface area contributed by atoms with Gasteiger partial charge in [0.25, 0.3) is 0 Å². The maximum absolute atomic E-state index is 4.98. The summed E-state index contributed by atoms with van der Waals surface area (Å²) in [6, 6.07) is 0. The van der Waals surface area contributed by atoms with Gasteiger partial charge < -0.3 is 4.84 Å². The van der Waals surface area contributed by atoms with Crippen LogP contribution >= 0.6 is 0 Å². The Hall–Kier alpha value is -0.530. The van der Waals surface area contributed by atoms with Crippen molar-refractivity contribution in [2.75, 3.05) is 0 Å². The first-order chi connectivity index (χ1) is 5.12. The number of hydrogen-bond donors (Lipinski definition) is 0. The first-order valence-corrected chi connectivity index (χ1v) is 4.26. The van der Waals surface area contributed by atoms with Crippen molar-refractivity contribution < 1.29 is 4.84 Å². The molecule has 0 amide bonds. The highest BCUT2D eigenvalue weighted by Crippen LogP contribution is 2.15. The molecule has 0 spiro atoms. The summed E-state index contributed by atoms with van der Waals surface area (Å²) in [5.74, 6) is 0. The van der Waals surface area contributed by atoms with E-state index in [0.717, 1.165) is 12.8 Å². The van der Waals surface area contributed by atoms with E-state index in [0.29, 0.717) is 0 Å². The third-order valence-electron chi connectivity index (χ3n) is 1.16. The van der Waals surface area contributed by atoms with Crippen molar-refractivity contribution >= 4 is 6.72 Å². The van der Waals surface area contributed by atoms with Gasteiger partial charge in [0.05, 0.1) is 0 Å². The Bertz CT molecular complexity index is 89.6. The van der Waals surface area contributed by atoms with E-state index in [1.807, 2.05) is 27.7 Å². The highest BCUT2D eigenvalue weighted by atomic mass is 16.6. The van der Waals surface area contributed by atoms with Crippen LogP contribution in [0.25, 0.3) is 0 Å². The minimum absolute atomic E-state index is 0.128. The van der Waals surface area contributed by atoms with Crippen LogP contribution in [0.4, 0.5) is 0 Å². The lowest BCUT2D eigenvalue weighted by Gasteiger charge is -2.20. The predicted octanol–water partition coefficient (Wildman–Crippen LogP) is 3.22. The normalized spacial score (nSPS) is 9.55. The Kier molecular flexibility index (Phi) is 9.01. The van der Waals surface area contributed by atoms with E-state index in [9.17, 15) is 0 Å². The molecular formula is C9H21NO. The van der Waals surface area contributed by atoms with Crippen molar-refractivity contribution in [3.63, 3.8) is 0 Å². The fourth-order valence-electron chi connectivity index (χ4n) is 0.822. The van der Waals surface area contributed by atoms with E-state index < -0.39 is 0 Å². The summed E-state index contributed by atoms with van der Waals surface area (Å²) in [6.45, 7) is 13.4. The van der Waals surface area contributed by atoms with Gasteiger partial charge in [0.2, 0.25) is 0 Å². The van der Waals surface area contributed by atoms with E-state index in [1.54, 1.807) is 0 Å². The summed E-state index contributed by atoms with van der Waals surface area (Å²) in [7, 11) is 0. The Labute approximate surface area is 70.6 Å². The van der Waals surface area contributed by atoms with Crippen molar-refractivity contribution in [2.24, 2.45) is 5.16 Å². The Balaban J connectivity index is 0. The second kappa shape index (κ2) is 7.58. The monoisotopic (exact) mass is 159 g/mol. The first-order valence-electron chi connectivity index (χ1n) is 4.26. The third-order valence-corrected chi connectivity index (χ3v) is 1.16. The van der Waals surface area contributed by atoms with Crippen LogP contribution in [0.3, 0.4) is 0 Å². The van der Waals surface area contributed by atoms with Gasteiger partial charge in [-0.25, -0.2) is 0 Å². The second-order valence-electron chi connectivity index (χ2n) is 2.73. The summed E-state index contributed by atoms with van der Waals surface area (Å²) in [6.07, 6.45) is 2.13. The molecule has 0 saturated carbocycles. The molecule has 2 nitrogen and oxygen atoms in total. The molecule has 0 heterocycles. The molecule has 0 radical (unpaired) electrons. The quantitative estimate of drug-likeness (QED) is 0.456. The molecule has 0 atom stereocenters. The zero-order chi connectivity index (χ0) is 9.33. The molecule has 0 bridgehead atoms. The molecule has 2 heteroatoms. The van der Waals surface area contributed by atoms with Gasteiger partial charge in [0.15, 0.2) is 0 Å². The fourth-order valence-corrected chi connectivity index (χ4v) is 0.822. The third kappa shape index (κ3) is 9.47. The van der Waals surface area contributed by atoms with Gasteiger partial charge in [-0.1, -0.05) is 27.2 Å². The molecule has 0 unspecified atom stereocenters. The van der Waals surface area contributed by atoms with Gasteiger partial charge >= 0.3 is 0 Å². The molecular weight excluding hydrogens is 138 g/mol. The Morgan fingerprint density at radius 3 is 2.09 bits per heavy atom. The minimum Gasteiger partial charge on any atom is -0.390 e. The SMILES string of the molecule is C=NOC(C)(C)CCC.CC. The van der Waals surface area contributed by atoms with Crippen LogP contribution in [0.5, 0.6) is 0 Å². The molecule has 0 aromatic rings. The number of nitrogens with zero attached hydrogens (tertiary/aromatic N) is 1. The van der Waals surface area contributed by atoms with Gasteiger partial charge in [-0.15, -0.1) is 5.16 Å². The van der Waals surface area contributed by atoms with Gasteiger partial charge in [-0.05, 0) is 20.3 Å². The molecule has 0 rings (SSSR count). The van der Waals surface area contributed by atoms with E-state index in [4.69, 9.17) is 4.84 Å². The van der Waals surface area contributed by atoms with Gasteiger partial charge in [0, 0.05) is 6.72 Å². The molecule has 11 heavy (non-hydrogen) atoms. The van der Waals surface area contributed by atoms with Crippen molar-refractivity contribution in [2.45, 2.75) is 53.1 Å². The van der Waals surface area contributed by atoms with Crippen molar-refractivity contribution in [1.82, 2.24) is 0 Å². The van der Waals surface area contributed by atoms with Crippen molar-refractivity contribution in [3.8, 4) is 0 Å². The highest BCUT2D eigenvalue weighted by molar-refractivity contribution is 5.21. The standard InChI is InChI=1S/C7H15NO.C2H6/c1-5-6-7(2,3)9-8-4;1-2/h4-6H2,1-3H3;1-2H3. The van der Waals surface area contributed by atoms with E-state index in [1.165, 1.54) is 0 Å². The summed E-state index contributed by atoms with van der Waals surface area (Å²) < 4.78 is 0. The van der Waals surface area contributed by atoms with Gasteiger partial charge in [0.1, 0.15) is 5.60 Å². The molecule has 68 valence electrons. The zero-order valence-electron chi connectivity index (χ0n) is 8.48. The Morgan fingerprint density at radius 2 is 1.82 bits per heavy atom. The summed E-state index contributed by atoms with van der Waals surface area (Å²) >= 11 is 0. The lowest BCUT2D eigenvalue weighted by molar-refractivity contribution is -0.0192. The van der Waals surface area contributed by atoms with Gasteiger partial charge in [-0.3, -0.25) is 0 Å². The topological polar surface area (TPSA) is 21.6 Å². The van der Waals surface area contributed by atoms with Crippen LogP contribution in [-0.2, 0) is 4.84 Å². The van der Waals surface area contributed by atoms with Crippen molar-refractivity contribution in [1.29, 1.82) is 0 Å². The molecule has 0 aromatic carbocycles. The van der Waals surface area contributed by atoms with E-state index >= 15 is 0 Å². The van der Waals surface area contributed by atoms with Crippen LogP contribution in [-0.4, -0.2) is 12.3 Å². The first kappa shape index (κ1) is 13.1. The highest BCUT2D eigenvalue weighted by Gasteiger charge is 2.16. The van der Waals surface area contributed by atoms with Gasteiger partial charge in [-0.2, -0.15) is 0 Å². The van der Waals surface area contributed by atoms with Crippen LogP contribution in [0.2, 0.25) is 0 Å². The maximum atomic E-state index is 4.98. The molecule has 0 aliphatic rings. The number of rotatable bonds is 4. The van der Waals surface area contributed by atoms with Crippen LogP contribution in [0.1, 0.15) is 47.5 Å². The lowest BCUT2D eigenvalue weighted by Crippen LogP contribution is -2.20. The molecule has 0 aromatic heterocycles. The second-order valence-corrected chi connectivity index (χ2v) is 2.73. The molecule has 0 saturated heterocycles. The zero-order valence-corrected chi connectivity index (χ0v) is 8.48. The van der Waals surface area contributed by atoms with Crippen LogP contribution in [0.15, 0.2) is 5.16 Å². The molecule has 0 aliphatic heterocycles. The van der Waals surface area contributed by atoms with E-state index in [-0.39, 0.29) is 5.60 Å². The average molecular weight is 159 g/mol. The minimum atomic E-state index is -0.128. The van der Waals surface area contributed by atoms with Crippen LogP contribution < -0.4 is 0 Å². The van der Waals surface area contributed by atoms with Crippen LogP contribution in [0, 0.1) is 0 Å². The summed E-state index contributed by atoms with van der Waals surface area (Å²) in [4.78, 5) is 4.98. The molecule has 0 fully saturated rings. The van der Waals surface area contributed by atoms with E-state index in [2.05, 4.69) is 18.8 Å². The Morgan fingerprint density at radius 1 is 1.36 bits per heavy atom. The average Bonchev–Trinajstić information content (AvgIpc) is 1.91. The maximum Gasteiger partial charge on any atom is 0.132 e. The summed E-state index contributed by atoms with van der Waals surface area (Å²) in [5.41, 5.74) is -0.128.